The zero-order chi connectivity index (χ0) is 12.8. The Balaban J connectivity index is 2.18. The van der Waals surface area contributed by atoms with Crippen molar-refractivity contribution in [2.45, 2.75) is 51.6 Å². The predicted molar refractivity (Wildman–Crippen MR) is 76.9 cm³/mol. The summed E-state index contributed by atoms with van der Waals surface area (Å²) < 4.78 is 0. The summed E-state index contributed by atoms with van der Waals surface area (Å²) in [4.78, 5) is 7.10. The number of pyridine rings is 1. The van der Waals surface area contributed by atoms with E-state index in [-0.39, 0.29) is 0 Å². The lowest BCUT2D eigenvalue weighted by Gasteiger charge is -2.30. The van der Waals surface area contributed by atoms with E-state index in [1.165, 1.54) is 37.7 Å². The van der Waals surface area contributed by atoms with Crippen molar-refractivity contribution in [3.05, 3.63) is 23.9 Å². The fourth-order valence-corrected chi connectivity index (χ4v) is 2.84. The van der Waals surface area contributed by atoms with E-state index >= 15 is 0 Å². The van der Waals surface area contributed by atoms with Crippen LogP contribution >= 0.6 is 0 Å². The molecule has 0 aliphatic carbocycles. The minimum Gasteiger partial charge on any atom is -0.354 e. The Morgan fingerprint density at radius 3 is 3.06 bits per heavy atom. The van der Waals surface area contributed by atoms with E-state index in [4.69, 9.17) is 0 Å². The third-order valence-electron chi connectivity index (χ3n) is 3.83. The van der Waals surface area contributed by atoms with Crippen LogP contribution in [-0.4, -0.2) is 24.6 Å². The number of nitrogens with zero attached hydrogens (tertiary/aromatic N) is 2. The van der Waals surface area contributed by atoms with E-state index in [0.29, 0.717) is 6.04 Å². The predicted octanol–water partition coefficient (Wildman–Crippen LogP) is 2.96. The van der Waals surface area contributed by atoms with Gasteiger partial charge in [0.25, 0.3) is 0 Å². The van der Waals surface area contributed by atoms with Gasteiger partial charge >= 0.3 is 0 Å². The average Bonchev–Trinajstić information content (AvgIpc) is 2.64. The SMILES string of the molecule is CCC1CCCCCN1c1cc(CNC)ccn1. The number of rotatable bonds is 4. The summed E-state index contributed by atoms with van der Waals surface area (Å²) in [5, 5.41) is 3.21. The summed E-state index contributed by atoms with van der Waals surface area (Å²) in [7, 11) is 1.99. The molecule has 1 fully saturated rings. The molecule has 1 saturated heterocycles. The van der Waals surface area contributed by atoms with Crippen molar-refractivity contribution in [2.75, 3.05) is 18.5 Å². The number of nitrogens with one attached hydrogen (secondary N) is 1. The fourth-order valence-electron chi connectivity index (χ4n) is 2.84. The molecule has 1 aromatic heterocycles. The number of hydrogen-bond donors (Lipinski definition) is 1. The first-order valence-corrected chi connectivity index (χ1v) is 7.21. The Morgan fingerprint density at radius 1 is 1.39 bits per heavy atom. The largest absolute Gasteiger partial charge is 0.354 e. The third kappa shape index (κ3) is 3.22. The summed E-state index contributed by atoms with van der Waals surface area (Å²) in [5.41, 5.74) is 1.32. The van der Waals surface area contributed by atoms with Crippen LogP contribution in [0.3, 0.4) is 0 Å². The molecule has 2 heterocycles. The molecule has 0 radical (unpaired) electrons. The van der Waals surface area contributed by atoms with Gasteiger partial charge in [-0.2, -0.15) is 0 Å². The van der Waals surface area contributed by atoms with E-state index in [1.54, 1.807) is 0 Å². The maximum atomic E-state index is 4.58. The highest BCUT2D eigenvalue weighted by Gasteiger charge is 2.20. The van der Waals surface area contributed by atoms with Crippen molar-refractivity contribution in [2.24, 2.45) is 0 Å². The summed E-state index contributed by atoms with van der Waals surface area (Å²) in [5.74, 6) is 1.16. The molecule has 1 aliphatic rings. The monoisotopic (exact) mass is 247 g/mol. The molecule has 18 heavy (non-hydrogen) atoms. The van der Waals surface area contributed by atoms with Gasteiger partial charge in [-0.05, 0) is 44.0 Å². The molecule has 0 spiro atoms. The Bertz CT molecular complexity index is 365. The molecule has 1 unspecified atom stereocenters. The third-order valence-corrected chi connectivity index (χ3v) is 3.83. The van der Waals surface area contributed by atoms with Gasteiger partial charge in [-0.3, -0.25) is 0 Å². The maximum absolute atomic E-state index is 4.58. The van der Waals surface area contributed by atoms with Crippen LogP contribution in [0.4, 0.5) is 5.82 Å². The van der Waals surface area contributed by atoms with Gasteiger partial charge in [-0.1, -0.05) is 19.8 Å². The van der Waals surface area contributed by atoms with Crippen molar-refractivity contribution >= 4 is 5.82 Å². The highest BCUT2D eigenvalue weighted by molar-refractivity contribution is 5.42. The van der Waals surface area contributed by atoms with Crippen LogP contribution in [0.15, 0.2) is 18.3 Å². The Hall–Kier alpha value is -1.09. The first kappa shape index (κ1) is 13.3. The van der Waals surface area contributed by atoms with Crippen molar-refractivity contribution in [3.63, 3.8) is 0 Å². The summed E-state index contributed by atoms with van der Waals surface area (Å²) >= 11 is 0. The van der Waals surface area contributed by atoms with Crippen molar-refractivity contribution < 1.29 is 0 Å². The lowest BCUT2D eigenvalue weighted by Crippen LogP contribution is -2.35. The molecule has 1 N–H and O–H groups in total. The Kier molecular flexibility index (Phi) is 5.00. The highest BCUT2D eigenvalue weighted by atomic mass is 15.2. The lowest BCUT2D eigenvalue weighted by atomic mass is 10.1. The van der Waals surface area contributed by atoms with E-state index < -0.39 is 0 Å². The molecular formula is C15H25N3. The van der Waals surface area contributed by atoms with Gasteiger partial charge < -0.3 is 10.2 Å². The Morgan fingerprint density at radius 2 is 2.28 bits per heavy atom. The maximum Gasteiger partial charge on any atom is 0.129 e. The van der Waals surface area contributed by atoms with Crippen LogP contribution < -0.4 is 10.2 Å². The Labute approximate surface area is 111 Å². The molecule has 100 valence electrons. The number of anilines is 1. The van der Waals surface area contributed by atoms with Crippen LogP contribution in [0.5, 0.6) is 0 Å². The second kappa shape index (κ2) is 6.74. The standard InChI is InChI=1S/C15H25N3/c1-3-14-7-5-4-6-10-18(14)15-11-13(12-16-2)8-9-17-15/h8-9,11,14,16H,3-7,10,12H2,1-2H3. The average molecular weight is 247 g/mol. The normalized spacial score (nSPS) is 20.8. The molecule has 0 saturated carbocycles. The molecule has 1 atom stereocenters. The second-order valence-electron chi connectivity index (χ2n) is 5.16. The van der Waals surface area contributed by atoms with Crippen LogP contribution in [-0.2, 0) is 6.54 Å². The first-order valence-electron chi connectivity index (χ1n) is 7.21. The van der Waals surface area contributed by atoms with Crippen molar-refractivity contribution in [1.82, 2.24) is 10.3 Å². The topological polar surface area (TPSA) is 28.2 Å². The van der Waals surface area contributed by atoms with Crippen molar-refractivity contribution in [3.8, 4) is 0 Å². The highest BCUT2D eigenvalue weighted by Crippen LogP contribution is 2.24. The van der Waals surface area contributed by atoms with Crippen LogP contribution in [0, 0.1) is 0 Å². The van der Waals surface area contributed by atoms with Crippen LogP contribution in [0.1, 0.15) is 44.6 Å². The van der Waals surface area contributed by atoms with E-state index in [0.717, 1.165) is 18.9 Å². The number of aromatic nitrogens is 1. The molecule has 0 amide bonds. The van der Waals surface area contributed by atoms with Gasteiger partial charge in [0.05, 0.1) is 0 Å². The molecule has 1 aliphatic heterocycles. The smallest absolute Gasteiger partial charge is 0.129 e. The van der Waals surface area contributed by atoms with Gasteiger partial charge in [0.1, 0.15) is 5.82 Å². The van der Waals surface area contributed by atoms with Gasteiger partial charge in [0.2, 0.25) is 0 Å². The van der Waals surface area contributed by atoms with Crippen LogP contribution in [0.25, 0.3) is 0 Å². The summed E-state index contributed by atoms with van der Waals surface area (Å²) in [6, 6.07) is 5.01. The summed E-state index contributed by atoms with van der Waals surface area (Å²) in [6.45, 7) is 4.37. The fraction of sp³-hybridized carbons (Fsp3) is 0.667. The zero-order valence-electron chi connectivity index (χ0n) is 11.7. The van der Waals surface area contributed by atoms with Gasteiger partial charge in [0, 0.05) is 25.3 Å². The molecule has 3 nitrogen and oxygen atoms in total. The zero-order valence-corrected chi connectivity index (χ0v) is 11.7. The molecular weight excluding hydrogens is 222 g/mol. The molecule has 0 aromatic carbocycles. The minimum absolute atomic E-state index is 0.671. The molecule has 0 bridgehead atoms. The second-order valence-corrected chi connectivity index (χ2v) is 5.16. The molecule has 2 rings (SSSR count). The lowest BCUT2D eigenvalue weighted by molar-refractivity contribution is 0.552. The summed E-state index contributed by atoms with van der Waals surface area (Å²) in [6.07, 6.45) is 8.51. The number of hydrogen-bond acceptors (Lipinski definition) is 3. The quantitative estimate of drug-likeness (QED) is 0.886. The minimum atomic E-state index is 0.671. The van der Waals surface area contributed by atoms with Gasteiger partial charge in [-0.15, -0.1) is 0 Å². The molecule has 3 heteroatoms. The molecule has 1 aromatic rings. The van der Waals surface area contributed by atoms with E-state index in [2.05, 4.69) is 34.3 Å². The van der Waals surface area contributed by atoms with Crippen molar-refractivity contribution in [1.29, 1.82) is 0 Å². The van der Waals surface area contributed by atoms with Gasteiger partial charge in [0.15, 0.2) is 0 Å². The van der Waals surface area contributed by atoms with E-state index in [9.17, 15) is 0 Å². The van der Waals surface area contributed by atoms with E-state index in [1.807, 2.05) is 13.2 Å². The van der Waals surface area contributed by atoms with Gasteiger partial charge in [-0.25, -0.2) is 4.98 Å². The first-order chi connectivity index (χ1) is 8.85. The van der Waals surface area contributed by atoms with Crippen LogP contribution in [0.2, 0.25) is 0 Å².